The normalized spacial score (nSPS) is 11.4. The number of carbonyl (C=O) groups is 1. The molecule has 0 bridgehead atoms. The van der Waals surface area contributed by atoms with E-state index in [1.54, 1.807) is 35.9 Å². The van der Waals surface area contributed by atoms with Crippen LogP contribution < -0.4 is 11.0 Å². The van der Waals surface area contributed by atoms with Gasteiger partial charge in [-0.1, -0.05) is 24.3 Å². The van der Waals surface area contributed by atoms with E-state index in [0.717, 1.165) is 11.4 Å². The summed E-state index contributed by atoms with van der Waals surface area (Å²) in [4.78, 5) is 29.8. The van der Waals surface area contributed by atoms with Gasteiger partial charge in [-0.05, 0) is 51.1 Å². The maximum atomic E-state index is 13.7. The summed E-state index contributed by atoms with van der Waals surface area (Å²) in [7, 11) is 0. The smallest absolute Gasteiger partial charge is 0.267 e. The Hall–Kier alpha value is -4.07. The van der Waals surface area contributed by atoms with E-state index in [-0.39, 0.29) is 11.1 Å². The van der Waals surface area contributed by atoms with Gasteiger partial charge in [0.05, 0.1) is 22.7 Å². The minimum Gasteiger partial charge on any atom is -0.267 e. The molecule has 31 heavy (non-hydrogen) atoms. The number of fused-ring (bicyclic) bond motifs is 1. The van der Waals surface area contributed by atoms with E-state index in [4.69, 9.17) is 0 Å². The molecule has 2 aromatic heterocycles. The molecule has 0 saturated heterocycles. The Kier molecular flexibility index (Phi) is 5.21. The molecule has 0 aliphatic heterocycles. The van der Waals surface area contributed by atoms with Crippen molar-refractivity contribution in [1.82, 2.24) is 19.8 Å². The highest BCUT2D eigenvalue weighted by atomic mass is 19.1. The van der Waals surface area contributed by atoms with Crippen LogP contribution in [0.3, 0.4) is 0 Å². The zero-order valence-corrected chi connectivity index (χ0v) is 17.3. The molecule has 2 aromatic carbocycles. The standard InChI is InChI=1S/C23H20FN5O2/c1-14-12-17(13-25-27-22(30)18-8-4-6-10-20(18)24)15(2)28(14)29-16(3)26-21-11-7-5-9-19(21)23(29)31/h4-13H,1-3H3,(H,27,30). The number of nitrogens with zero attached hydrogens (tertiary/aromatic N) is 4. The van der Waals surface area contributed by atoms with Crippen molar-refractivity contribution >= 4 is 23.0 Å². The number of hydrogen-bond acceptors (Lipinski definition) is 4. The van der Waals surface area contributed by atoms with E-state index in [0.29, 0.717) is 22.3 Å². The van der Waals surface area contributed by atoms with Crippen LogP contribution in [-0.2, 0) is 0 Å². The molecule has 2 heterocycles. The van der Waals surface area contributed by atoms with Gasteiger partial charge in [-0.2, -0.15) is 9.78 Å². The number of hydrogen-bond donors (Lipinski definition) is 1. The molecule has 0 spiro atoms. The van der Waals surface area contributed by atoms with Crippen LogP contribution in [0.2, 0.25) is 0 Å². The molecule has 8 heteroatoms. The summed E-state index contributed by atoms with van der Waals surface area (Å²) in [6.45, 7) is 5.48. The van der Waals surface area contributed by atoms with Crippen molar-refractivity contribution < 1.29 is 9.18 Å². The third-order valence-corrected chi connectivity index (χ3v) is 5.04. The predicted molar refractivity (Wildman–Crippen MR) is 117 cm³/mol. The van der Waals surface area contributed by atoms with E-state index in [1.165, 1.54) is 29.1 Å². The largest absolute Gasteiger partial charge is 0.280 e. The number of amides is 1. The highest BCUT2D eigenvalue weighted by Gasteiger charge is 2.15. The van der Waals surface area contributed by atoms with Crippen LogP contribution >= 0.6 is 0 Å². The molecule has 0 atom stereocenters. The Bertz CT molecular complexity index is 1400. The number of benzene rings is 2. The number of carbonyl (C=O) groups excluding carboxylic acids is 1. The number of aromatic nitrogens is 3. The van der Waals surface area contributed by atoms with Gasteiger partial charge < -0.3 is 0 Å². The van der Waals surface area contributed by atoms with Crippen molar-refractivity contribution in [3.63, 3.8) is 0 Å². The lowest BCUT2D eigenvalue weighted by Gasteiger charge is -2.16. The number of aryl methyl sites for hydroxylation is 2. The minimum atomic E-state index is -0.644. The summed E-state index contributed by atoms with van der Waals surface area (Å²) in [5, 5.41) is 4.48. The van der Waals surface area contributed by atoms with Gasteiger partial charge in [-0.25, -0.2) is 14.8 Å². The lowest BCUT2D eigenvalue weighted by atomic mass is 10.2. The number of para-hydroxylation sites is 1. The summed E-state index contributed by atoms with van der Waals surface area (Å²) in [6.07, 6.45) is 1.46. The van der Waals surface area contributed by atoms with Gasteiger partial charge in [-0.3, -0.25) is 14.3 Å². The van der Waals surface area contributed by atoms with E-state index >= 15 is 0 Å². The van der Waals surface area contributed by atoms with Crippen molar-refractivity contribution in [2.45, 2.75) is 20.8 Å². The van der Waals surface area contributed by atoms with Crippen LogP contribution in [0.4, 0.5) is 4.39 Å². The molecule has 0 aliphatic carbocycles. The Morgan fingerprint density at radius 3 is 2.55 bits per heavy atom. The third kappa shape index (κ3) is 3.63. The molecule has 0 fully saturated rings. The van der Waals surface area contributed by atoms with E-state index in [1.807, 2.05) is 26.0 Å². The average molecular weight is 417 g/mol. The quantitative estimate of drug-likeness (QED) is 0.408. The summed E-state index contributed by atoms with van der Waals surface area (Å²) in [5.41, 5.74) is 4.94. The van der Waals surface area contributed by atoms with Crippen molar-refractivity contribution in [1.29, 1.82) is 0 Å². The first kappa shape index (κ1) is 20.2. The summed E-state index contributed by atoms with van der Waals surface area (Å²) in [6, 6.07) is 14.7. The second kappa shape index (κ2) is 7.98. The zero-order valence-electron chi connectivity index (χ0n) is 17.3. The lowest BCUT2D eigenvalue weighted by molar-refractivity contribution is 0.0951. The second-order valence-electron chi connectivity index (χ2n) is 7.11. The van der Waals surface area contributed by atoms with Gasteiger partial charge in [0.15, 0.2) is 0 Å². The topological polar surface area (TPSA) is 81.3 Å². The van der Waals surface area contributed by atoms with Gasteiger partial charge in [0, 0.05) is 17.0 Å². The Balaban J connectivity index is 1.68. The third-order valence-electron chi connectivity index (χ3n) is 5.04. The average Bonchev–Trinajstić information content (AvgIpc) is 3.02. The number of nitrogens with one attached hydrogen (secondary N) is 1. The molecule has 1 amide bonds. The van der Waals surface area contributed by atoms with Gasteiger partial charge in [0.1, 0.15) is 11.6 Å². The first-order chi connectivity index (χ1) is 14.9. The van der Waals surface area contributed by atoms with Crippen molar-refractivity contribution in [2.24, 2.45) is 5.10 Å². The number of rotatable bonds is 4. The molecule has 1 N–H and O–H groups in total. The van der Waals surface area contributed by atoms with Crippen molar-refractivity contribution in [3.05, 3.63) is 99.1 Å². The fourth-order valence-corrected chi connectivity index (χ4v) is 3.55. The molecule has 156 valence electrons. The molecule has 0 radical (unpaired) electrons. The van der Waals surface area contributed by atoms with Gasteiger partial charge in [0.2, 0.25) is 0 Å². The molecule has 0 saturated carbocycles. The van der Waals surface area contributed by atoms with Crippen LogP contribution in [-0.4, -0.2) is 26.5 Å². The van der Waals surface area contributed by atoms with Crippen LogP contribution in [0.15, 0.2) is 64.5 Å². The molecule has 7 nitrogen and oxygen atoms in total. The van der Waals surface area contributed by atoms with Crippen molar-refractivity contribution in [3.8, 4) is 0 Å². The van der Waals surface area contributed by atoms with Crippen molar-refractivity contribution in [2.75, 3.05) is 0 Å². The molecular formula is C23H20FN5O2. The monoisotopic (exact) mass is 417 g/mol. The lowest BCUT2D eigenvalue weighted by Crippen LogP contribution is -2.30. The maximum Gasteiger partial charge on any atom is 0.280 e. The Labute approximate surface area is 177 Å². The van der Waals surface area contributed by atoms with Gasteiger partial charge in [-0.15, -0.1) is 0 Å². The fraction of sp³-hybridized carbons (Fsp3) is 0.130. The molecule has 4 rings (SSSR count). The summed E-state index contributed by atoms with van der Waals surface area (Å²) in [5.74, 6) is -0.720. The summed E-state index contributed by atoms with van der Waals surface area (Å²) >= 11 is 0. The van der Waals surface area contributed by atoms with Gasteiger partial charge >= 0.3 is 0 Å². The molecule has 0 unspecified atom stereocenters. The maximum absolute atomic E-state index is 13.7. The number of hydrazone groups is 1. The van der Waals surface area contributed by atoms with Crippen LogP contribution in [0.5, 0.6) is 0 Å². The van der Waals surface area contributed by atoms with E-state index < -0.39 is 11.7 Å². The van der Waals surface area contributed by atoms with E-state index in [2.05, 4.69) is 15.5 Å². The molecular weight excluding hydrogens is 397 g/mol. The second-order valence-corrected chi connectivity index (χ2v) is 7.11. The van der Waals surface area contributed by atoms with Crippen LogP contribution in [0.1, 0.15) is 33.1 Å². The minimum absolute atomic E-state index is 0.0884. The fourth-order valence-electron chi connectivity index (χ4n) is 3.55. The zero-order chi connectivity index (χ0) is 22.1. The van der Waals surface area contributed by atoms with Crippen LogP contribution in [0.25, 0.3) is 10.9 Å². The first-order valence-corrected chi connectivity index (χ1v) is 9.64. The SMILES string of the molecule is Cc1cc(C=NNC(=O)c2ccccc2F)c(C)n1-n1c(C)nc2ccccc2c1=O. The first-order valence-electron chi connectivity index (χ1n) is 9.64. The van der Waals surface area contributed by atoms with Gasteiger partial charge in [0.25, 0.3) is 11.5 Å². The predicted octanol–water partition coefficient (Wildman–Crippen LogP) is 3.34. The van der Waals surface area contributed by atoms with E-state index in [9.17, 15) is 14.0 Å². The Morgan fingerprint density at radius 2 is 1.77 bits per heavy atom. The highest BCUT2D eigenvalue weighted by Crippen LogP contribution is 2.15. The number of halogens is 1. The molecule has 0 aliphatic rings. The van der Waals surface area contributed by atoms with Crippen LogP contribution in [0, 0.1) is 26.6 Å². The Morgan fingerprint density at radius 1 is 1.06 bits per heavy atom. The molecule has 4 aromatic rings. The summed E-state index contributed by atoms with van der Waals surface area (Å²) < 4.78 is 17.0. The highest BCUT2D eigenvalue weighted by molar-refractivity contribution is 5.95.